The van der Waals surface area contributed by atoms with Crippen molar-refractivity contribution in [2.24, 2.45) is 0 Å². The quantitative estimate of drug-likeness (QED) is 0.326. The average Bonchev–Trinajstić information content (AvgIpc) is 3.34. The Morgan fingerprint density at radius 2 is 1.77 bits per heavy atom. The zero-order valence-electron chi connectivity index (χ0n) is 19.7. The fourth-order valence-electron chi connectivity index (χ4n) is 3.98. The van der Waals surface area contributed by atoms with Gasteiger partial charge in [0.25, 0.3) is 5.89 Å². The number of aromatic nitrogens is 2. The first-order valence-corrected chi connectivity index (χ1v) is 11.3. The van der Waals surface area contributed by atoms with Crippen LogP contribution in [0.1, 0.15) is 29.5 Å². The van der Waals surface area contributed by atoms with Crippen LogP contribution in [0.2, 0.25) is 0 Å². The number of ketones is 1. The van der Waals surface area contributed by atoms with Crippen LogP contribution < -0.4 is 0 Å². The van der Waals surface area contributed by atoms with E-state index in [1.165, 1.54) is 5.56 Å². The molecule has 0 amide bonds. The Labute approximate surface area is 203 Å². The first-order valence-electron chi connectivity index (χ1n) is 11.3. The lowest BCUT2D eigenvalue weighted by molar-refractivity contribution is -0.138. The van der Waals surface area contributed by atoms with Crippen molar-refractivity contribution >= 4 is 11.8 Å². The van der Waals surface area contributed by atoms with Crippen LogP contribution in [0.25, 0.3) is 34.0 Å². The molecule has 0 radical (unpaired) electrons. The minimum absolute atomic E-state index is 0.00816. The molecule has 7 heteroatoms. The van der Waals surface area contributed by atoms with Gasteiger partial charge in [0.05, 0.1) is 13.0 Å². The molecule has 0 spiro atoms. The first kappa shape index (κ1) is 24.0. The van der Waals surface area contributed by atoms with Gasteiger partial charge in [-0.3, -0.25) is 9.59 Å². The summed E-state index contributed by atoms with van der Waals surface area (Å²) in [6.07, 6.45) is 0.00121. The molecule has 0 atom stereocenters. The zero-order valence-corrected chi connectivity index (χ0v) is 19.7. The van der Waals surface area contributed by atoms with Gasteiger partial charge in [-0.1, -0.05) is 53.7 Å². The molecule has 1 aromatic heterocycles. The number of Topliss-reactive ketones (excluding diaryl/α,β-unsaturated/α-hetero) is 1. The number of rotatable bonds is 10. The number of hydrogen-bond donors (Lipinski definition) is 1. The maximum absolute atomic E-state index is 12.1. The second kappa shape index (κ2) is 10.9. The van der Waals surface area contributed by atoms with Gasteiger partial charge in [0.2, 0.25) is 5.82 Å². The van der Waals surface area contributed by atoms with E-state index in [-0.39, 0.29) is 25.0 Å². The SMILES string of the molecule is COCc1cc(-c2nc(-c3cccc(CC(=O)CCC(=O)O)c3)no2)ccc1-c1ccccc1C. The van der Waals surface area contributed by atoms with Crippen molar-refractivity contribution in [2.45, 2.75) is 32.8 Å². The van der Waals surface area contributed by atoms with E-state index in [2.05, 4.69) is 29.2 Å². The predicted molar refractivity (Wildman–Crippen MR) is 132 cm³/mol. The van der Waals surface area contributed by atoms with E-state index in [1.807, 2.05) is 54.6 Å². The number of aryl methyl sites for hydroxylation is 1. The van der Waals surface area contributed by atoms with Crippen molar-refractivity contribution in [3.8, 4) is 34.0 Å². The number of methoxy groups -OCH3 is 1. The Morgan fingerprint density at radius 3 is 2.54 bits per heavy atom. The molecule has 1 heterocycles. The molecule has 7 nitrogen and oxygen atoms in total. The molecule has 4 rings (SSSR count). The summed E-state index contributed by atoms with van der Waals surface area (Å²) in [4.78, 5) is 27.3. The third kappa shape index (κ3) is 5.88. The molecule has 0 bridgehead atoms. The van der Waals surface area contributed by atoms with Crippen LogP contribution in [0.3, 0.4) is 0 Å². The lowest BCUT2D eigenvalue weighted by atomic mass is 9.94. The van der Waals surface area contributed by atoms with Gasteiger partial charge in [-0.2, -0.15) is 4.98 Å². The highest BCUT2D eigenvalue weighted by Gasteiger charge is 2.15. The minimum Gasteiger partial charge on any atom is -0.481 e. The van der Waals surface area contributed by atoms with Gasteiger partial charge < -0.3 is 14.4 Å². The number of carbonyl (C=O) groups is 2. The highest BCUT2D eigenvalue weighted by molar-refractivity contribution is 5.84. The van der Waals surface area contributed by atoms with Crippen LogP contribution in [-0.4, -0.2) is 34.1 Å². The molecule has 0 fully saturated rings. The van der Waals surface area contributed by atoms with Crippen LogP contribution in [0, 0.1) is 6.92 Å². The van der Waals surface area contributed by atoms with E-state index in [1.54, 1.807) is 7.11 Å². The van der Waals surface area contributed by atoms with Crippen molar-refractivity contribution in [3.63, 3.8) is 0 Å². The topological polar surface area (TPSA) is 103 Å². The number of carboxylic acids is 1. The van der Waals surface area contributed by atoms with Crippen LogP contribution in [-0.2, 0) is 27.4 Å². The number of nitrogens with zero attached hydrogens (tertiary/aromatic N) is 2. The number of hydrogen-bond acceptors (Lipinski definition) is 6. The largest absolute Gasteiger partial charge is 0.481 e. The summed E-state index contributed by atoms with van der Waals surface area (Å²) in [6.45, 7) is 2.52. The summed E-state index contributed by atoms with van der Waals surface area (Å²) >= 11 is 0. The minimum atomic E-state index is -0.980. The second-order valence-corrected chi connectivity index (χ2v) is 8.35. The van der Waals surface area contributed by atoms with Gasteiger partial charge in [-0.05, 0) is 52.9 Å². The number of carboxylic acid groups (broad SMARTS) is 1. The fraction of sp³-hybridized carbons (Fsp3) is 0.214. The molecule has 4 aromatic rings. The van der Waals surface area contributed by atoms with Gasteiger partial charge in [0.15, 0.2) is 0 Å². The van der Waals surface area contributed by atoms with E-state index in [4.69, 9.17) is 14.4 Å². The summed E-state index contributed by atoms with van der Waals surface area (Å²) < 4.78 is 11.0. The lowest BCUT2D eigenvalue weighted by Crippen LogP contribution is -2.06. The third-order valence-corrected chi connectivity index (χ3v) is 5.72. The number of aliphatic carboxylic acids is 1. The standard InChI is InChI=1S/C28H26N2O5/c1-18-6-3-4-9-24(18)25-12-10-21(16-22(25)17-34-2)28-29-27(30-35-28)20-8-5-7-19(14-20)15-23(31)11-13-26(32)33/h3-10,12,14,16H,11,13,15,17H2,1-2H3,(H,32,33). The van der Waals surface area contributed by atoms with Crippen LogP contribution in [0.4, 0.5) is 0 Å². The van der Waals surface area contributed by atoms with Crippen LogP contribution >= 0.6 is 0 Å². The summed E-state index contributed by atoms with van der Waals surface area (Å²) in [6, 6.07) is 21.5. The van der Waals surface area contributed by atoms with Crippen molar-refractivity contribution in [2.75, 3.05) is 7.11 Å². The zero-order chi connectivity index (χ0) is 24.8. The van der Waals surface area contributed by atoms with Crippen molar-refractivity contribution in [3.05, 3.63) is 83.4 Å². The molecular formula is C28H26N2O5. The van der Waals surface area contributed by atoms with Crippen LogP contribution in [0.15, 0.2) is 71.3 Å². The van der Waals surface area contributed by atoms with E-state index in [9.17, 15) is 9.59 Å². The summed E-state index contributed by atoms with van der Waals surface area (Å²) in [7, 11) is 1.67. The van der Waals surface area contributed by atoms with E-state index >= 15 is 0 Å². The molecular weight excluding hydrogens is 444 g/mol. The van der Waals surface area contributed by atoms with Gasteiger partial charge in [-0.15, -0.1) is 0 Å². The summed E-state index contributed by atoms with van der Waals surface area (Å²) in [5.74, 6) is -0.308. The molecule has 3 aromatic carbocycles. The molecule has 35 heavy (non-hydrogen) atoms. The van der Waals surface area contributed by atoms with Crippen molar-refractivity contribution in [1.82, 2.24) is 10.1 Å². The maximum Gasteiger partial charge on any atom is 0.303 e. The smallest absolute Gasteiger partial charge is 0.303 e. The van der Waals surface area contributed by atoms with Gasteiger partial charge in [-0.25, -0.2) is 0 Å². The molecule has 0 saturated heterocycles. The molecule has 178 valence electrons. The van der Waals surface area contributed by atoms with Crippen LogP contribution in [0.5, 0.6) is 0 Å². The number of ether oxygens (including phenoxy) is 1. The van der Waals surface area contributed by atoms with Crippen molar-refractivity contribution < 1.29 is 24.0 Å². The van der Waals surface area contributed by atoms with Crippen molar-refractivity contribution in [1.29, 1.82) is 0 Å². The summed E-state index contributed by atoms with van der Waals surface area (Å²) in [5.41, 5.74) is 6.71. The highest BCUT2D eigenvalue weighted by Crippen LogP contribution is 2.31. The maximum atomic E-state index is 12.1. The molecule has 0 aliphatic rings. The number of carbonyl (C=O) groups excluding carboxylic acids is 1. The van der Waals surface area contributed by atoms with E-state index in [0.29, 0.717) is 18.3 Å². The third-order valence-electron chi connectivity index (χ3n) is 5.72. The Bertz CT molecular complexity index is 1360. The Hall–Kier alpha value is -4.10. The normalized spacial score (nSPS) is 10.9. The average molecular weight is 471 g/mol. The molecule has 0 unspecified atom stereocenters. The number of benzene rings is 3. The monoisotopic (exact) mass is 470 g/mol. The van der Waals surface area contributed by atoms with E-state index < -0.39 is 5.97 Å². The Balaban J connectivity index is 1.58. The van der Waals surface area contributed by atoms with Gasteiger partial charge in [0.1, 0.15) is 5.78 Å². The Morgan fingerprint density at radius 1 is 0.943 bits per heavy atom. The lowest BCUT2D eigenvalue weighted by Gasteiger charge is -2.12. The predicted octanol–water partition coefficient (Wildman–Crippen LogP) is 5.50. The second-order valence-electron chi connectivity index (χ2n) is 8.35. The Kier molecular flexibility index (Phi) is 7.48. The summed E-state index contributed by atoms with van der Waals surface area (Å²) in [5, 5.41) is 12.9. The highest BCUT2D eigenvalue weighted by atomic mass is 16.5. The molecule has 0 saturated carbocycles. The van der Waals surface area contributed by atoms with Gasteiger partial charge in [0, 0.05) is 31.1 Å². The molecule has 0 aliphatic carbocycles. The first-order chi connectivity index (χ1) is 16.9. The molecule has 1 N–H and O–H groups in total. The fourth-order valence-corrected chi connectivity index (χ4v) is 3.98. The van der Waals surface area contributed by atoms with Gasteiger partial charge >= 0.3 is 5.97 Å². The molecule has 0 aliphatic heterocycles. The van der Waals surface area contributed by atoms with E-state index in [0.717, 1.165) is 33.4 Å².